The highest BCUT2D eigenvalue weighted by atomic mass is 19.1. The number of hydrogen-bond acceptors (Lipinski definition) is 3. The topological polar surface area (TPSA) is 52.6 Å². The molecular weight excluding hydrogens is 271 g/mol. The highest BCUT2D eigenvalue weighted by Gasteiger charge is 2.23. The second kappa shape index (κ2) is 8.10. The molecule has 1 saturated heterocycles. The summed E-state index contributed by atoms with van der Waals surface area (Å²) in [6, 6.07) is 6.43. The third kappa shape index (κ3) is 5.10. The molecule has 2 rings (SSSR count). The number of aliphatic hydroxyl groups is 1. The molecule has 0 bridgehead atoms. The van der Waals surface area contributed by atoms with Gasteiger partial charge in [-0.1, -0.05) is 18.6 Å². The van der Waals surface area contributed by atoms with Gasteiger partial charge in [-0.05, 0) is 43.5 Å². The average Bonchev–Trinajstić information content (AvgIpc) is 2.49. The number of carbonyl (C=O) groups is 1. The van der Waals surface area contributed by atoms with Crippen LogP contribution >= 0.6 is 0 Å². The van der Waals surface area contributed by atoms with Crippen LogP contribution < -0.4 is 5.32 Å². The van der Waals surface area contributed by atoms with Crippen molar-refractivity contribution in [3.63, 3.8) is 0 Å². The molecule has 1 amide bonds. The van der Waals surface area contributed by atoms with Crippen LogP contribution in [0.15, 0.2) is 24.3 Å². The van der Waals surface area contributed by atoms with Crippen LogP contribution in [0.1, 0.15) is 31.2 Å². The van der Waals surface area contributed by atoms with E-state index in [1.54, 1.807) is 12.1 Å². The van der Waals surface area contributed by atoms with Crippen molar-refractivity contribution in [3.8, 4) is 0 Å². The number of nitrogens with zero attached hydrogens (tertiary/aromatic N) is 1. The Kier molecular flexibility index (Phi) is 6.14. The van der Waals surface area contributed by atoms with Crippen LogP contribution in [0.4, 0.5) is 4.39 Å². The van der Waals surface area contributed by atoms with Gasteiger partial charge in [0, 0.05) is 19.2 Å². The molecular formula is C16H23FN2O2. The number of amides is 1. The van der Waals surface area contributed by atoms with Crippen LogP contribution in [-0.4, -0.2) is 41.7 Å². The largest absolute Gasteiger partial charge is 0.396 e. The van der Waals surface area contributed by atoms with Crippen LogP contribution in [0, 0.1) is 5.82 Å². The van der Waals surface area contributed by atoms with Crippen molar-refractivity contribution in [2.75, 3.05) is 19.7 Å². The van der Waals surface area contributed by atoms with E-state index < -0.39 is 0 Å². The van der Waals surface area contributed by atoms with Crippen molar-refractivity contribution in [2.45, 2.75) is 38.3 Å². The number of rotatable bonds is 6. The number of carbonyl (C=O) groups excluding carboxylic acids is 1. The zero-order chi connectivity index (χ0) is 15.1. The molecule has 1 unspecified atom stereocenters. The molecule has 5 heteroatoms. The summed E-state index contributed by atoms with van der Waals surface area (Å²) in [5.41, 5.74) is 0.885. The standard InChI is InChI=1S/C16H23FN2O2/c17-14-6-4-13(5-7-14)11-18-16(21)12-19-9-2-1-3-15(19)8-10-20/h4-7,15,20H,1-3,8-12H2,(H,18,21). The summed E-state index contributed by atoms with van der Waals surface area (Å²) in [5.74, 6) is -0.297. The first-order valence-electron chi connectivity index (χ1n) is 7.55. The average molecular weight is 294 g/mol. The summed E-state index contributed by atoms with van der Waals surface area (Å²) in [4.78, 5) is 14.2. The minimum Gasteiger partial charge on any atom is -0.396 e. The second-order valence-corrected chi connectivity index (χ2v) is 5.54. The molecule has 0 radical (unpaired) electrons. The summed E-state index contributed by atoms with van der Waals surface area (Å²) < 4.78 is 12.8. The van der Waals surface area contributed by atoms with Crippen LogP contribution in [0.5, 0.6) is 0 Å². The predicted octanol–water partition coefficient (Wildman–Crippen LogP) is 1.68. The quantitative estimate of drug-likeness (QED) is 0.839. The van der Waals surface area contributed by atoms with Gasteiger partial charge in [0.15, 0.2) is 0 Å². The zero-order valence-electron chi connectivity index (χ0n) is 12.2. The highest BCUT2D eigenvalue weighted by molar-refractivity contribution is 5.78. The lowest BCUT2D eigenvalue weighted by Crippen LogP contribution is -2.45. The Labute approximate surface area is 125 Å². The first-order chi connectivity index (χ1) is 10.2. The van der Waals surface area contributed by atoms with E-state index in [1.165, 1.54) is 18.6 Å². The van der Waals surface area contributed by atoms with Crippen molar-refractivity contribution in [3.05, 3.63) is 35.6 Å². The van der Waals surface area contributed by atoms with Crippen LogP contribution in [0.25, 0.3) is 0 Å². The van der Waals surface area contributed by atoms with Gasteiger partial charge in [-0.25, -0.2) is 4.39 Å². The van der Waals surface area contributed by atoms with Gasteiger partial charge >= 0.3 is 0 Å². The van der Waals surface area contributed by atoms with Crippen molar-refractivity contribution in [2.24, 2.45) is 0 Å². The molecule has 0 spiro atoms. The van der Waals surface area contributed by atoms with Crippen LogP contribution in [0.2, 0.25) is 0 Å². The van der Waals surface area contributed by atoms with Gasteiger partial charge in [-0.15, -0.1) is 0 Å². The molecule has 116 valence electrons. The predicted molar refractivity (Wildman–Crippen MR) is 79.2 cm³/mol. The minimum atomic E-state index is -0.273. The Balaban J connectivity index is 1.78. The molecule has 0 saturated carbocycles. The van der Waals surface area contributed by atoms with E-state index in [4.69, 9.17) is 5.11 Å². The van der Waals surface area contributed by atoms with Crippen molar-refractivity contribution >= 4 is 5.91 Å². The number of benzene rings is 1. The fourth-order valence-electron chi connectivity index (χ4n) is 2.79. The van der Waals surface area contributed by atoms with E-state index >= 15 is 0 Å². The second-order valence-electron chi connectivity index (χ2n) is 5.54. The molecule has 4 nitrogen and oxygen atoms in total. The van der Waals surface area contributed by atoms with E-state index in [-0.39, 0.29) is 18.3 Å². The number of hydrogen-bond donors (Lipinski definition) is 2. The molecule has 1 aliphatic heterocycles. The van der Waals surface area contributed by atoms with E-state index in [0.29, 0.717) is 19.1 Å². The summed E-state index contributed by atoms with van der Waals surface area (Å²) in [6.07, 6.45) is 4.04. The van der Waals surface area contributed by atoms with Gasteiger partial charge in [0.05, 0.1) is 6.54 Å². The zero-order valence-corrected chi connectivity index (χ0v) is 12.2. The van der Waals surface area contributed by atoms with E-state index in [2.05, 4.69) is 10.2 Å². The molecule has 2 N–H and O–H groups in total. The van der Waals surface area contributed by atoms with Crippen LogP contribution in [0.3, 0.4) is 0 Å². The highest BCUT2D eigenvalue weighted by Crippen LogP contribution is 2.18. The Morgan fingerprint density at radius 2 is 2.10 bits per heavy atom. The normalized spacial score (nSPS) is 19.4. The van der Waals surface area contributed by atoms with Gasteiger partial charge in [0.2, 0.25) is 5.91 Å². The smallest absolute Gasteiger partial charge is 0.234 e. The maximum absolute atomic E-state index is 12.8. The SMILES string of the molecule is O=C(CN1CCCCC1CCO)NCc1ccc(F)cc1. The monoisotopic (exact) mass is 294 g/mol. The first kappa shape index (κ1) is 15.9. The van der Waals surface area contributed by atoms with Crippen LogP contribution in [-0.2, 0) is 11.3 Å². The number of nitrogens with one attached hydrogen (secondary N) is 1. The number of piperidine rings is 1. The first-order valence-corrected chi connectivity index (χ1v) is 7.55. The number of likely N-dealkylation sites (tertiary alicyclic amines) is 1. The Morgan fingerprint density at radius 1 is 1.33 bits per heavy atom. The van der Waals surface area contributed by atoms with E-state index in [0.717, 1.165) is 31.4 Å². The molecule has 1 fully saturated rings. The molecule has 1 heterocycles. The Hall–Kier alpha value is -1.46. The molecule has 0 aliphatic carbocycles. The van der Waals surface area contributed by atoms with Crippen molar-refractivity contribution in [1.82, 2.24) is 10.2 Å². The third-order valence-corrected chi connectivity index (χ3v) is 3.96. The summed E-state index contributed by atoms with van der Waals surface area (Å²) >= 11 is 0. The van der Waals surface area contributed by atoms with Gasteiger partial charge < -0.3 is 10.4 Å². The molecule has 1 aromatic rings. The lowest BCUT2D eigenvalue weighted by molar-refractivity contribution is -0.123. The number of aliphatic hydroxyl groups excluding tert-OH is 1. The minimum absolute atomic E-state index is 0.0239. The molecule has 0 aromatic heterocycles. The Morgan fingerprint density at radius 3 is 2.81 bits per heavy atom. The Bertz CT molecular complexity index is 448. The fraction of sp³-hybridized carbons (Fsp3) is 0.562. The molecule has 1 aromatic carbocycles. The number of halogens is 1. The summed E-state index contributed by atoms with van der Waals surface area (Å²) in [6.45, 7) is 1.86. The van der Waals surface area contributed by atoms with Gasteiger partial charge in [-0.2, -0.15) is 0 Å². The summed E-state index contributed by atoms with van der Waals surface area (Å²) in [5, 5.41) is 11.9. The van der Waals surface area contributed by atoms with E-state index in [9.17, 15) is 9.18 Å². The van der Waals surface area contributed by atoms with Gasteiger partial charge in [-0.3, -0.25) is 9.69 Å². The van der Waals surface area contributed by atoms with E-state index in [1.807, 2.05) is 0 Å². The summed E-state index contributed by atoms with van der Waals surface area (Å²) in [7, 11) is 0. The van der Waals surface area contributed by atoms with Crippen molar-refractivity contribution < 1.29 is 14.3 Å². The molecule has 1 atom stereocenters. The van der Waals surface area contributed by atoms with Gasteiger partial charge in [0.25, 0.3) is 0 Å². The lowest BCUT2D eigenvalue weighted by atomic mass is 10.00. The fourth-order valence-corrected chi connectivity index (χ4v) is 2.79. The maximum Gasteiger partial charge on any atom is 0.234 e. The lowest BCUT2D eigenvalue weighted by Gasteiger charge is -2.34. The van der Waals surface area contributed by atoms with Gasteiger partial charge in [0.1, 0.15) is 5.82 Å². The third-order valence-electron chi connectivity index (χ3n) is 3.96. The van der Waals surface area contributed by atoms with Crippen molar-refractivity contribution in [1.29, 1.82) is 0 Å². The molecule has 1 aliphatic rings. The molecule has 21 heavy (non-hydrogen) atoms. The maximum atomic E-state index is 12.8.